The van der Waals surface area contributed by atoms with Gasteiger partial charge in [-0.3, -0.25) is 4.98 Å². The van der Waals surface area contributed by atoms with Crippen molar-refractivity contribution in [2.24, 2.45) is 0 Å². The molecule has 0 aliphatic heterocycles. The molecule has 0 bridgehead atoms. The molecule has 0 spiro atoms. The Kier molecular flexibility index (Phi) is 2.88. The lowest BCUT2D eigenvalue weighted by Crippen LogP contribution is -2.08. The summed E-state index contributed by atoms with van der Waals surface area (Å²) in [6.45, 7) is 1.66. The Hall–Kier alpha value is -1.84. The summed E-state index contributed by atoms with van der Waals surface area (Å²) < 4.78 is 38.7. The molecule has 0 saturated carbocycles. The average molecular weight is 237 g/mol. The van der Waals surface area contributed by atoms with Gasteiger partial charge in [0.1, 0.15) is 0 Å². The second kappa shape index (κ2) is 4.20. The van der Waals surface area contributed by atoms with E-state index in [-0.39, 0.29) is 5.56 Å². The van der Waals surface area contributed by atoms with Crippen molar-refractivity contribution in [2.45, 2.75) is 13.1 Å². The maximum absolute atomic E-state index is 12.9. The molecule has 0 amide bonds. The maximum atomic E-state index is 12.9. The molecule has 0 aliphatic carbocycles. The molecule has 88 valence electrons. The molecule has 0 radical (unpaired) electrons. The molecular weight excluding hydrogens is 227 g/mol. The van der Waals surface area contributed by atoms with Gasteiger partial charge in [-0.1, -0.05) is 18.2 Å². The predicted molar refractivity (Wildman–Crippen MR) is 59.4 cm³/mol. The van der Waals surface area contributed by atoms with Gasteiger partial charge in [-0.15, -0.1) is 0 Å². The summed E-state index contributed by atoms with van der Waals surface area (Å²) in [5.74, 6) is 0. The second-order valence-corrected chi connectivity index (χ2v) is 3.74. The molecule has 1 heterocycles. The van der Waals surface area contributed by atoms with E-state index in [1.165, 1.54) is 18.5 Å². The Bertz CT molecular complexity index is 518. The molecule has 0 unspecified atom stereocenters. The molecule has 2 aromatic rings. The summed E-state index contributed by atoms with van der Waals surface area (Å²) >= 11 is 0. The van der Waals surface area contributed by atoms with Crippen molar-refractivity contribution in [3.63, 3.8) is 0 Å². The lowest BCUT2D eigenvalue weighted by atomic mass is 9.96. The third-order valence-corrected chi connectivity index (χ3v) is 2.53. The first-order chi connectivity index (χ1) is 8.00. The molecular formula is C13H10F3N. The highest BCUT2D eigenvalue weighted by Crippen LogP contribution is 2.38. The van der Waals surface area contributed by atoms with Crippen LogP contribution in [0.1, 0.15) is 11.1 Å². The first-order valence-corrected chi connectivity index (χ1v) is 5.07. The summed E-state index contributed by atoms with van der Waals surface area (Å²) in [5.41, 5.74) is 0.657. The van der Waals surface area contributed by atoms with E-state index in [1.54, 1.807) is 25.1 Å². The minimum absolute atomic E-state index is 0.202. The molecule has 17 heavy (non-hydrogen) atoms. The smallest absolute Gasteiger partial charge is 0.264 e. The molecule has 0 atom stereocenters. The molecule has 2 rings (SSSR count). The summed E-state index contributed by atoms with van der Waals surface area (Å²) in [5, 5.41) is 0. The minimum atomic E-state index is -4.35. The van der Waals surface area contributed by atoms with Gasteiger partial charge in [-0.2, -0.15) is 13.2 Å². The molecule has 1 nitrogen and oxygen atoms in total. The van der Waals surface area contributed by atoms with Crippen molar-refractivity contribution in [2.75, 3.05) is 0 Å². The van der Waals surface area contributed by atoms with Gasteiger partial charge >= 0.3 is 6.18 Å². The summed E-state index contributed by atoms with van der Waals surface area (Å²) in [4.78, 5) is 3.86. The average Bonchev–Trinajstić information content (AvgIpc) is 2.28. The number of halogens is 3. The van der Waals surface area contributed by atoms with Crippen LogP contribution in [0.25, 0.3) is 11.1 Å². The number of benzene rings is 1. The highest BCUT2D eigenvalue weighted by atomic mass is 19.4. The van der Waals surface area contributed by atoms with E-state index in [0.29, 0.717) is 11.1 Å². The monoisotopic (exact) mass is 237 g/mol. The quantitative estimate of drug-likeness (QED) is 0.728. The van der Waals surface area contributed by atoms with Crippen LogP contribution in [-0.4, -0.2) is 4.98 Å². The van der Waals surface area contributed by atoms with Gasteiger partial charge in [0.2, 0.25) is 0 Å². The lowest BCUT2D eigenvalue weighted by molar-refractivity contribution is -0.137. The Labute approximate surface area is 96.9 Å². The van der Waals surface area contributed by atoms with Crippen molar-refractivity contribution in [3.05, 3.63) is 53.9 Å². The molecule has 4 heteroatoms. The van der Waals surface area contributed by atoms with E-state index in [4.69, 9.17) is 0 Å². The van der Waals surface area contributed by atoms with Crippen LogP contribution in [0.3, 0.4) is 0 Å². The SMILES string of the molecule is Cc1cccc(C(F)(F)F)c1-c1cccnc1. The van der Waals surface area contributed by atoms with E-state index < -0.39 is 11.7 Å². The second-order valence-electron chi connectivity index (χ2n) is 3.74. The number of hydrogen-bond donors (Lipinski definition) is 0. The van der Waals surface area contributed by atoms with Gasteiger partial charge in [0, 0.05) is 18.0 Å². The van der Waals surface area contributed by atoms with Gasteiger partial charge in [0.25, 0.3) is 0 Å². The zero-order valence-electron chi connectivity index (χ0n) is 9.12. The number of pyridine rings is 1. The highest BCUT2D eigenvalue weighted by molar-refractivity contribution is 5.70. The van der Waals surface area contributed by atoms with E-state index in [2.05, 4.69) is 4.98 Å². The Balaban J connectivity index is 2.69. The van der Waals surface area contributed by atoms with E-state index >= 15 is 0 Å². The van der Waals surface area contributed by atoms with Crippen LogP contribution in [0.15, 0.2) is 42.7 Å². The molecule has 1 aromatic carbocycles. The molecule has 0 saturated heterocycles. The first-order valence-electron chi connectivity index (χ1n) is 5.07. The number of aromatic nitrogens is 1. The topological polar surface area (TPSA) is 12.9 Å². The van der Waals surface area contributed by atoms with Crippen LogP contribution >= 0.6 is 0 Å². The lowest BCUT2D eigenvalue weighted by Gasteiger charge is -2.14. The van der Waals surface area contributed by atoms with Crippen molar-refractivity contribution in [1.82, 2.24) is 4.98 Å². The summed E-state index contributed by atoms with van der Waals surface area (Å²) in [7, 11) is 0. The van der Waals surface area contributed by atoms with Crippen LogP contribution in [0.4, 0.5) is 13.2 Å². The Morgan fingerprint density at radius 3 is 2.41 bits per heavy atom. The highest BCUT2D eigenvalue weighted by Gasteiger charge is 2.34. The Morgan fingerprint density at radius 1 is 1.06 bits per heavy atom. The fourth-order valence-corrected chi connectivity index (χ4v) is 1.80. The van der Waals surface area contributed by atoms with Gasteiger partial charge in [-0.25, -0.2) is 0 Å². The number of nitrogens with zero attached hydrogens (tertiary/aromatic N) is 1. The van der Waals surface area contributed by atoms with Gasteiger partial charge in [0.15, 0.2) is 0 Å². The van der Waals surface area contributed by atoms with Gasteiger partial charge in [0.05, 0.1) is 5.56 Å². The number of aryl methyl sites for hydroxylation is 1. The number of hydrogen-bond acceptors (Lipinski definition) is 1. The third kappa shape index (κ3) is 2.30. The van der Waals surface area contributed by atoms with E-state index in [0.717, 1.165) is 6.07 Å². The summed E-state index contributed by atoms with van der Waals surface area (Å²) in [6.07, 6.45) is -1.37. The standard InChI is InChI=1S/C13H10F3N/c1-9-4-2-6-11(13(14,15)16)12(9)10-5-3-7-17-8-10/h2-8H,1H3. The third-order valence-electron chi connectivity index (χ3n) is 2.53. The van der Waals surface area contributed by atoms with Crippen LogP contribution in [0, 0.1) is 6.92 Å². The van der Waals surface area contributed by atoms with Crippen molar-refractivity contribution in [3.8, 4) is 11.1 Å². The van der Waals surface area contributed by atoms with Crippen LogP contribution in [0.2, 0.25) is 0 Å². The molecule has 0 N–H and O–H groups in total. The van der Waals surface area contributed by atoms with Crippen molar-refractivity contribution < 1.29 is 13.2 Å². The van der Waals surface area contributed by atoms with Crippen LogP contribution in [0.5, 0.6) is 0 Å². The minimum Gasteiger partial charge on any atom is -0.264 e. The van der Waals surface area contributed by atoms with E-state index in [1.807, 2.05) is 0 Å². The number of alkyl halides is 3. The van der Waals surface area contributed by atoms with E-state index in [9.17, 15) is 13.2 Å². The van der Waals surface area contributed by atoms with Gasteiger partial charge in [-0.05, 0) is 30.2 Å². The Morgan fingerprint density at radius 2 is 1.82 bits per heavy atom. The maximum Gasteiger partial charge on any atom is 0.417 e. The van der Waals surface area contributed by atoms with Crippen LogP contribution in [-0.2, 0) is 6.18 Å². The zero-order chi connectivity index (χ0) is 12.5. The fraction of sp³-hybridized carbons (Fsp3) is 0.154. The van der Waals surface area contributed by atoms with Crippen molar-refractivity contribution >= 4 is 0 Å². The first kappa shape index (κ1) is 11.6. The largest absolute Gasteiger partial charge is 0.417 e. The normalized spacial score (nSPS) is 11.5. The zero-order valence-corrected chi connectivity index (χ0v) is 9.12. The van der Waals surface area contributed by atoms with Crippen molar-refractivity contribution in [1.29, 1.82) is 0 Å². The number of rotatable bonds is 1. The predicted octanol–water partition coefficient (Wildman–Crippen LogP) is 4.08. The van der Waals surface area contributed by atoms with Crippen LogP contribution < -0.4 is 0 Å². The fourth-order valence-electron chi connectivity index (χ4n) is 1.80. The summed E-state index contributed by atoms with van der Waals surface area (Å²) in [6, 6.07) is 7.43. The molecule has 0 fully saturated rings. The molecule has 0 aliphatic rings. The van der Waals surface area contributed by atoms with Gasteiger partial charge < -0.3 is 0 Å². The molecule has 1 aromatic heterocycles.